The fourth-order valence-electron chi connectivity index (χ4n) is 2.37. The second-order valence-corrected chi connectivity index (χ2v) is 6.80. The van der Waals surface area contributed by atoms with Gasteiger partial charge in [0.1, 0.15) is 4.90 Å². The highest BCUT2D eigenvalue weighted by atomic mass is 32.2. The van der Waals surface area contributed by atoms with Crippen molar-refractivity contribution in [3.05, 3.63) is 54.0 Å². The van der Waals surface area contributed by atoms with Crippen LogP contribution >= 0.6 is 0 Å². The van der Waals surface area contributed by atoms with E-state index in [1.165, 1.54) is 0 Å². The molecule has 2 aromatic heterocycles. The molecule has 0 aliphatic heterocycles. The van der Waals surface area contributed by atoms with Gasteiger partial charge < -0.3 is 0 Å². The molecule has 0 amide bonds. The maximum atomic E-state index is 12.6. The molecular weight excluding hydrogens is 300 g/mol. The molecule has 1 aromatic carbocycles. The van der Waals surface area contributed by atoms with Gasteiger partial charge in [0.2, 0.25) is 10.0 Å². The molecular formula is C15H16N4O2S. The van der Waals surface area contributed by atoms with Gasteiger partial charge in [0.05, 0.1) is 11.2 Å². The summed E-state index contributed by atoms with van der Waals surface area (Å²) in [5.74, 6) is 0. The molecule has 0 saturated heterocycles. The quantitative estimate of drug-likeness (QED) is 0.795. The van der Waals surface area contributed by atoms with Gasteiger partial charge in [0.25, 0.3) is 0 Å². The van der Waals surface area contributed by atoms with Gasteiger partial charge in [0.15, 0.2) is 0 Å². The SMILES string of the molecule is Cc1nn(C)cc1CNS(=O)(=O)c1cccc2cccnc12. The first-order valence-electron chi connectivity index (χ1n) is 6.80. The van der Waals surface area contributed by atoms with Gasteiger partial charge in [0, 0.05) is 36.9 Å². The summed E-state index contributed by atoms with van der Waals surface area (Å²) < 4.78 is 29.4. The lowest BCUT2D eigenvalue weighted by Crippen LogP contribution is -2.23. The zero-order valence-corrected chi connectivity index (χ0v) is 13.1. The van der Waals surface area contributed by atoms with Gasteiger partial charge >= 0.3 is 0 Å². The third-order valence-electron chi connectivity index (χ3n) is 3.45. The molecule has 1 N–H and O–H groups in total. The molecule has 0 atom stereocenters. The first kappa shape index (κ1) is 14.7. The molecule has 22 heavy (non-hydrogen) atoms. The van der Waals surface area contributed by atoms with Crippen LogP contribution in [0.4, 0.5) is 0 Å². The molecule has 6 nitrogen and oxygen atoms in total. The zero-order chi connectivity index (χ0) is 15.7. The van der Waals surface area contributed by atoms with Crippen molar-refractivity contribution in [2.75, 3.05) is 0 Å². The second kappa shape index (κ2) is 5.51. The molecule has 0 bridgehead atoms. The number of nitrogens with zero attached hydrogens (tertiary/aromatic N) is 3. The average Bonchev–Trinajstić information content (AvgIpc) is 2.82. The predicted molar refractivity (Wildman–Crippen MR) is 83.7 cm³/mol. The molecule has 0 aliphatic carbocycles. The lowest BCUT2D eigenvalue weighted by atomic mass is 10.2. The van der Waals surface area contributed by atoms with Crippen molar-refractivity contribution < 1.29 is 8.42 Å². The standard InChI is InChI=1S/C15H16N4O2S/c1-11-13(10-19(2)18-11)9-17-22(20,21)14-7-3-5-12-6-4-8-16-15(12)14/h3-8,10,17H,9H2,1-2H3. The number of fused-ring (bicyclic) bond motifs is 1. The van der Waals surface area contributed by atoms with Crippen molar-refractivity contribution in [3.8, 4) is 0 Å². The molecule has 0 unspecified atom stereocenters. The van der Waals surface area contributed by atoms with Gasteiger partial charge in [-0.3, -0.25) is 9.67 Å². The van der Waals surface area contributed by atoms with Crippen LogP contribution in [-0.4, -0.2) is 23.2 Å². The molecule has 3 aromatic rings. The minimum atomic E-state index is -3.64. The summed E-state index contributed by atoms with van der Waals surface area (Å²) in [6, 6.07) is 8.74. The lowest BCUT2D eigenvalue weighted by Gasteiger charge is -2.08. The fraction of sp³-hybridized carbons (Fsp3) is 0.200. The van der Waals surface area contributed by atoms with Crippen LogP contribution in [0, 0.1) is 6.92 Å². The third kappa shape index (κ3) is 2.72. The molecule has 0 radical (unpaired) electrons. The first-order valence-corrected chi connectivity index (χ1v) is 8.28. The van der Waals surface area contributed by atoms with Crippen LogP contribution in [0.5, 0.6) is 0 Å². The number of aryl methyl sites for hydroxylation is 2. The van der Waals surface area contributed by atoms with Crippen molar-refractivity contribution in [3.63, 3.8) is 0 Å². The van der Waals surface area contributed by atoms with E-state index in [0.717, 1.165) is 16.6 Å². The van der Waals surface area contributed by atoms with Crippen molar-refractivity contribution >= 4 is 20.9 Å². The number of benzene rings is 1. The molecule has 7 heteroatoms. The Bertz CT molecular complexity index is 926. The third-order valence-corrected chi connectivity index (χ3v) is 4.89. The van der Waals surface area contributed by atoms with Crippen LogP contribution in [0.2, 0.25) is 0 Å². The number of aromatic nitrogens is 3. The molecule has 0 spiro atoms. The molecule has 0 aliphatic rings. The highest BCUT2D eigenvalue weighted by molar-refractivity contribution is 7.89. The Kier molecular flexibility index (Phi) is 3.67. The van der Waals surface area contributed by atoms with Crippen molar-refractivity contribution in [1.29, 1.82) is 0 Å². The van der Waals surface area contributed by atoms with Crippen LogP contribution in [0.3, 0.4) is 0 Å². The molecule has 2 heterocycles. The highest BCUT2D eigenvalue weighted by Crippen LogP contribution is 2.20. The van der Waals surface area contributed by atoms with Crippen LogP contribution in [0.1, 0.15) is 11.3 Å². The summed E-state index contributed by atoms with van der Waals surface area (Å²) in [6.45, 7) is 2.05. The fourth-order valence-corrected chi connectivity index (χ4v) is 3.55. The topological polar surface area (TPSA) is 76.9 Å². The zero-order valence-electron chi connectivity index (χ0n) is 12.3. The van der Waals surface area contributed by atoms with E-state index in [9.17, 15) is 8.42 Å². The van der Waals surface area contributed by atoms with Gasteiger partial charge in [-0.25, -0.2) is 13.1 Å². The Morgan fingerprint density at radius 2 is 2.00 bits per heavy atom. The van der Waals surface area contributed by atoms with E-state index in [2.05, 4.69) is 14.8 Å². The van der Waals surface area contributed by atoms with E-state index >= 15 is 0 Å². The van der Waals surface area contributed by atoms with Crippen LogP contribution in [-0.2, 0) is 23.6 Å². The number of hydrogen-bond acceptors (Lipinski definition) is 4. The smallest absolute Gasteiger partial charge is 0.243 e. The second-order valence-electron chi connectivity index (χ2n) is 5.07. The minimum Gasteiger partial charge on any atom is -0.275 e. The summed E-state index contributed by atoms with van der Waals surface area (Å²) in [6.07, 6.45) is 3.39. The summed E-state index contributed by atoms with van der Waals surface area (Å²) in [4.78, 5) is 4.38. The summed E-state index contributed by atoms with van der Waals surface area (Å²) in [5.41, 5.74) is 2.13. The van der Waals surface area contributed by atoms with E-state index in [4.69, 9.17) is 0 Å². The summed E-state index contributed by atoms with van der Waals surface area (Å²) in [7, 11) is -1.84. The van der Waals surface area contributed by atoms with Crippen LogP contribution < -0.4 is 4.72 Å². The molecule has 114 valence electrons. The van der Waals surface area contributed by atoms with Gasteiger partial charge in [-0.2, -0.15) is 5.10 Å². The van der Waals surface area contributed by atoms with Gasteiger partial charge in [-0.1, -0.05) is 18.2 Å². The summed E-state index contributed by atoms with van der Waals surface area (Å²) in [5, 5.41) is 5.00. The normalized spacial score (nSPS) is 11.9. The molecule has 3 rings (SSSR count). The van der Waals surface area contributed by atoms with E-state index in [1.807, 2.05) is 19.1 Å². The maximum absolute atomic E-state index is 12.6. The Balaban J connectivity index is 1.93. The number of hydrogen-bond donors (Lipinski definition) is 1. The number of rotatable bonds is 4. The van der Waals surface area contributed by atoms with Crippen LogP contribution in [0.25, 0.3) is 10.9 Å². The first-order chi connectivity index (χ1) is 10.5. The van der Waals surface area contributed by atoms with E-state index < -0.39 is 10.0 Å². The van der Waals surface area contributed by atoms with E-state index in [-0.39, 0.29) is 11.4 Å². The van der Waals surface area contributed by atoms with Crippen molar-refractivity contribution in [2.24, 2.45) is 7.05 Å². The van der Waals surface area contributed by atoms with Crippen LogP contribution in [0.15, 0.2) is 47.6 Å². The Morgan fingerprint density at radius 1 is 1.23 bits per heavy atom. The maximum Gasteiger partial charge on any atom is 0.243 e. The Hall–Kier alpha value is -2.25. The Labute approximate surface area is 128 Å². The molecule has 0 saturated carbocycles. The predicted octanol–water partition coefficient (Wildman–Crippen LogP) is 1.76. The number of para-hydroxylation sites is 1. The monoisotopic (exact) mass is 316 g/mol. The van der Waals surface area contributed by atoms with E-state index in [0.29, 0.717) is 5.52 Å². The van der Waals surface area contributed by atoms with Crippen molar-refractivity contribution in [2.45, 2.75) is 18.4 Å². The largest absolute Gasteiger partial charge is 0.275 e. The molecule has 0 fully saturated rings. The lowest BCUT2D eigenvalue weighted by molar-refractivity contribution is 0.582. The number of nitrogens with one attached hydrogen (secondary N) is 1. The number of pyridine rings is 1. The van der Waals surface area contributed by atoms with Gasteiger partial charge in [-0.15, -0.1) is 0 Å². The van der Waals surface area contributed by atoms with E-state index in [1.54, 1.807) is 42.3 Å². The Morgan fingerprint density at radius 3 is 2.73 bits per heavy atom. The summed E-state index contributed by atoms with van der Waals surface area (Å²) >= 11 is 0. The highest BCUT2D eigenvalue weighted by Gasteiger charge is 2.18. The number of sulfonamides is 1. The van der Waals surface area contributed by atoms with Crippen molar-refractivity contribution in [1.82, 2.24) is 19.5 Å². The van der Waals surface area contributed by atoms with Gasteiger partial charge in [-0.05, 0) is 19.1 Å². The minimum absolute atomic E-state index is 0.187. The average molecular weight is 316 g/mol.